The summed E-state index contributed by atoms with van der Waals surface area (Å²) in [5, 5.41) is 9.03. The van der Waals surface area contributed by atoms with E-state index in [9.17, 15) is 9.59 Å². The highest BCUT2D eigenvalue weighted by atomic mass is 16.5. The third-order valence-corrected chi connectivity index (χ3v) is 7.23. The summed E-state index contributed by atoms with van der Waals surface area (Å²) in [6, 6.07) is 16.2. The number of carbonyl (C=O) groups excluding carboxylic acids is 1. The Morgan fingerprint density at radius 2 is 1.62 bits per heavy atom. The van der Waals surface area contributed by atoms with Crippen LogP contribution in [0.1, 0.15) is 43.2 Å². The van der Waals surface area contributed by atoms with Crippen LogP contribution < -0.4 is 9.80 Å². The minimum Gasteiger partial charge on any atom is -0.481 e. The number of carbonyl (C=O) groups is 2. The third kappa shape index (κ3) is 5.10. The van der Waals surface area contributed by atoms with Gasteiger partial charge in [0.25, 0.3) is 0 Å². The van der Waals surface area contributed by atoms with Crippen LogP contribution in [-0.2, 0) is 22.7 Å². The highest BCUT2D eigenvalue weighted by Crippen LogP contribution is 2.28. The van der Waals surface area contributed by atoms with E-state index in [1.165, 1.54) is 19.3 Å². The van der Waals surface area contributed by atoms with E-state index >= 15 is 0 Å². The Labute approximate surface area is 200 Å². The summed E-state index contributed by atoms with van der Waals surface area (Å²) in [6.07, 6.45) is 6.50. The van der Waals surface area contributed by atoms with E-state index in [4.69, 9.17) is 9.84 Å². The zero-order chi connectivity index (χ0) is 23.5. The number of anilines is 2. The highest BCUT2D eigenvalue weighted by molar-refractivity contribution is 6.06. The Bertz CT molecular complexity index is 1010. The molecule has 3 fully saturated rings. The molecule has 0 atom stereocenters. The Morgan fingerprint density at radius 1 is 0.912 bits per heavy atom. The zero-order valence-corrected chi connectivity index (χ0v) is 19.6. The zero-order valence-electron chi connectivity index (χ0n) is 19.6. The monoisotopic (exact) mass is 463 g/mol. The molecule has 1 saturated carbocycles. The smallest absolute Gasteiger partial charge is 0.329 e. The van der Waals surface area contributed by atoms with Crippen molar-refractivity contribution < 1.29 is 19.4 Å². The number of ether oxygens (including phenoxy) is 1. The quantitative estimate of drug-likeness (QED) is 0.624. The van der Waals surface area contributed by atoms with E-state index in [1.807, 2.05) is 46.2 Å². The Kier molecular flexibility index (Phi) is 6.83. The molecule has 2 aromatic carbocycles. The number of urea groups is 1. The normalized spacial score (nSPS) is 20.1. The first-order chi connectivity index (χ1) is 16.6. The van der Waals surface area contributed by atoms with Gasteiger partial charge >= 0.3 is 12.0 Å². The third-order valence-electron chi connectivity index (χ3n) is 7.23. The number of hydrogen-bond acceptors (Lipinski definition) is 4. The van der Waals surface area contributed by atoms with Gasteiger partial charge in [-0.3, -0.25) is 19.5 Å². The Hall–Kier alpha value is -2.90. The first-order valence-corrected chi connectivity index (χ1v) is 12.4. The molecule has 2 saturated heterocycles. The second-order valence-corrected chi connectivity index (χ2v) is 9.72. The number of amides is 2. The van der Waals surface area contributed by atoms with E-state index < -0.39 is 5.97 Å². The van der Waals surface area contributed by atoms with E-state index in [-0.39, 0.29) is 11.9 Å². The summed E-state index contributed by atoms with van der Waals surface area (Å²) in [6.45, 7) is 3.82. The van der Waals surface area contributed by atoms with Crippen molar-refractivity contribution in [3.05, 3.63) is 59.7 Å². The molecule has 0 radical (unpaired) electrons. The first-order valence-electron chi connectivity index (χ1n) is 12.4. The second-order valence-electron chi connectivity index (χ2n) is 9.72. The topological polar surface area (TPSA) is 73.3 Å². The molecule has 0 spiro atoms. The molecule has 0 bridgehead atoms. The van der Waals surface area contributed by atoms with Gasteiger partial charge in [0.2, 0.25) is 0 Å². The fraction of sp³-hybridized carbons (Fsp3) is 0.481. The number of aliphatic carboxylic acids is 1. The van der Waals surface area contributed by atoms with Crippen LogP contribution in [0.2, 0.25) is 0 Å². The van der Waals surface area contributed by atoms with Crippen LogP contribution in [0.25, 0.3) is 0 Å². The summed E-state index contributed by atoms with van der Waals surface area (Å²) in [5.74, 6) is -0.962. The first kappa shape index (κ1) is 22.9. The average molecular weight is 464 g/mol. The number of benzene rings is 2. The van der Waals surface area contributed by atoms with Crippen LogP contribution in [0.5, 0.6) is 0 Å². The van der Waals surface area contributed by atoms with Crippen LogP contribution in [0, 0.1) is 5.92 Å². The molecule has 0 unspecified atom stereocenters. The van der Waals surface area contributed by atoms with Crippen LogP contribution in [0.3, 0.4) is 0 Å². The second kappa shape index (κ2) is 10.2. The molecule has 2 amide bonds. The van der Waals surface area contributed by atoms with E-state index in [0.29, 0.717) is 38.9 Å². The van der Waals surface area contributed by atoms with Crippen molar-refractivity contribution in [3.8, 4) is 0 Å². The maximum Gasteiger partial charge on any atom is 0.329 e. The number of carboxylic acid groups (broad SMARTS) is 1. The van der Waals surface area contributed by atoms with Gasteiger partial charge < -0.3 is 9.84 Å². The van der Waals surface area contributed by atoms with Gasteiger partial charge in [0.1, 0.15) is 0 Å². The van der Waals surface area contributed by atoms with Crippen LogP contribution in [0.4, 0.5) is 16.2 Å². The number of hydrogen-bond donors (Lipinski definition) is 1. The van der Waals surface area contributed by atoms with Gasteiger partial charge in [-0.25, -0.2) is 4.79 Å². The molecule has 3 aliphatic rings. The Balaban J connectivity index is 1.17. The fourth-order valence-corrected chi connectivity index (χ4v) is 5.17. The van der Waals surface area contributed by atoms with Crippen molar-refractivity contribution in [2.75, 3.05) is 36.0 Å². The summed E-state index contributed by atoms with van der Waals surface area (Å²) < 4.78 is 6.13. The van der Waals surface area contributed by atoms with Gasteiger partial charge in [0, 0.05) is 44.1 Å². The maximum atomic E-state index is 13.2. The number of nitrogens with zero attached hydrogens (tertiary/aromatic N) is 3. The SMILES string of the molecule is O=C(O)C1CN(Cc2ccc(N3CCN(c4cccc(COC5CCCCC5)c4)C3=O)cc2)C1. The van der Waals surface area contributed by atoms with Crippen LogP contribution >= 0.6 is 0 Å². The molecule has 180 valence electrons. The standard InChI is InChI=1S/C27H33N3O4/c31-26(32)22-17-28(18-22)16-20-9-11-23(12-10-20)29-13-14-30(27(29)33)24-6-4-5-21(15-24)19-34-25-7-2-1-3-8-25/h4-6,9-12,15,22,25H,1-3,7-8,13-14,16-19H2,(H,31,32). The van der Waals surface area contributed by atoms with Crippen molar-refractivity contribution in [3.63, 3.8) is 0 Å². The van der Waals surface area contributed by atoms with Gasteiger partial charge in [0.05, 0.1) is 18.6 Å². The summed E-state index contributed by atoms with van der Waals surface area (Å²) in [4.78, 5) is 30.0. The summed E-state index contributed by atoms with van der Waals surface area (Å²) in [5.41, 5.74) is 4.04. The lowest BCUT2D eigenvalue weighted by Gasteiger charge is -2.36. The van der Waals surface area contributed by atoms with Crippen molar-refractivity contribution in [1.82, 2.24) is 4.90 Å². The highest BCUT2D eigenvalue weighted by Gasteiger charge is 2.33. The van der Waals surface area contributed by atoms with Gasteiger partial charge in [-0.2, -0.15) is 0 Å². The number of likely N-dealkylation sites (tertiary alicyclic amines) is 1. The lowest BCUT2D eigenvalue weighted by atomic mass is 9.98. The molecule has 7 heteroatoms. The van der Waals surface area contributed by atoms with Gasteiger partial charge in [-0.1, -0.05) is 43.5 Å². The molecule has 2 aromatic rings. The van der Waals surface area contributed by atoms with Gasteiger partial charge in [-0.15, -0.1) is 0 Å². The lowest BCUT2D eigenvalue weighted by molar-refractivity contribution is -0.147. The minimum atomic E-state index is -0.717. The fourth-order valence-electron chi connectivity index (χ4n) is 5.17. The predicted octanol–water partition coefficient (Wildman–Crippen LogP) is 4.50. The summed E-state index contributed by atoms with van der Waals surface area (Å²) >= 11 is 0. The largest absolute Gasteiger partial charge is 0.481 e. The van der Waals surface area contributed by atoms with Crippen molar-refractivity contribution >= 4 is 23.4 Å². The molecule has 2 aliphatic heterocycles. The van der Waals surface area contributed by atoms with E-state index in [0.717, 1.165) is 41.9 Å². The molecule has 0 aromatic heterocycles. The van der Waals surface area contributed by atoms with E-state index in [2.05, 4.69) is 17.0 Å². The van der Waals surface area contributed by atoms with Gasteiger partial charge in [-0.05, 0) is 48.2 Å². The Morgan fingerprint density at radius 3 is 2.32 bits per heavy atom. The number of rotatable bonds is 8. The number of carboxylic acids is 1. The lowest BCUT2D eigenvalue weighted by Crippen LogP contribution is -2.49. The average Bonchev–Trinajstić information content (AvgIpc) is 3.22. The molecule has 5 rings (SSSR count). The van der Waals surface area contributed by atoms with Crippen LogP contribution in [0.15, 0.2) is 48.5 Å². The van der Waals surface area contributed by atoms with Gasteiger partial charge in [0.15, 0.2) is 0 Å². The van der Waals surface area contributed by atoms with Crippen LogP contribution in [-0.4, -0.2) is 54.3 Å². The molecule has 34 heavy (non-hydrogen) atoms. The van der Waals surface area contributed by atoms with Crippen molar-refractivity contribution in [2.24, 2.45) is 5.92 Å². The molecule has 1 aliphatic carbocycles. The summed E-state index contributed by atoms with van der Waals surface area (Å²) in [7, 11) is 0. The molecular formula is C27H33N3O4. The van der Waals surface area contributed by atoms with Crippen molar-refractivity contribution in [2.45, 2.75) is 51.4 Å². The maximum absolute atomic E-state index is 13.2. The van der Waals surface area contributed by atoms with Crippen molar-refractivity contribution in [1.29, 1.82) is 0 Å². The molecule has 2 heterocycles. The predicted molar refractivity (Wildman–Crippen MR) is 131 cm³/mol. The molecule has 7 nitrogen and oxygen atoms in total. The minimum absolute atomic E-state index is 0.00913. The molecule has 1 N–H and O–H groups in total. The molecular weight excluding hydrogens is 430 g/mol. The van der Waals surface area contributed by atoms with E-state index in [1.54, 1.807) is 0 Å².